The molecule has 20 heavy (non-hydrogen) atoms. The highest BCUT2D eigenvalue weighted by Crippen LogP contribution is 2.37. The van der Waals surface area contributed by atoms with Gasteiger partial charge in [0.1, 0.15) is 5.25 Å². The van der Waals surface area contributed by atoms with E-state index in [2.05, 4.69) is 20.5 Å². The number of rotatable bonds is 4. The highest BCUT2D eigenvalue weighted by molar-refractivity contribution is 7.91. The van der Waals surface area contributed by atoms with Gasteiger partial charge in [0.2, 0.25) is 9.84 Å². The van der Waals surface area contributed by atoms with Gasteiger partial charge < -0.3 is 0 Å². The van der Waals surface area contributed by atoms with E-state index in [1.54, 1.807) is 17.7 Å². The molecule has 0 radical (unpaired) electrons. The summed E-state index contributed by atoms with van der Waals surface area (Å²) < 4.78 is 26.8. The molecule has 1 aliphatic carbocycles. The topological polar surface area (TPSA) is 90.6 Å². The molecule has 3 rings (SSSR count). The van der Waals surface area contributed by atoms with E-state index < -0.39 is 15.1 Å². The summed E-state index contributed by atoms with van der Waals surface area (Å²) in [5.74, 6) is 0.328. The van der Waals surface area contributed by atoms with Crippen molar-refractivity contribution in [1.82, 2.24) is 25.2 Å². The van der Waals surface area contributed by atoms with E-state index in [4.69, 9.17) is 11.6 Å². The molecule has 7 nitrogen and oxygen atoms in total. The highest BCUT2D eigenvalue weighted by Gasteiger charge is 2.36. The summed E-state index contributed by atoms with van der Waals surface area (Å²) in [5, 5.41) is 10.4. The molecule has 1 unspecified atom stereocenters. The minimum Gasteiger partial charge on any atom is -0.243 e. The Morgan fingerprint density at radius 1 is 1.45 bits per heavy atom. The maximum atomic E-state index is 12.6. The first-order chi connectivity index (χ1) is 9.51. The molecule has 1 aliphatic rings. The number of pyridine rings is 1. The zero-order valence-electron chi connectivity index (χ0n) is 10.6. The third-order valence-corrected chi connectivity index (χ3v) is 5.66. The van der Waals surface area contributed by atoms with Gasteiger partial charge in [0.05, 0.1) is 11.1 Å². The molecule has 1 atom stereocenters. The summed E-state index contributed by atoms with van der Waals surface area (Å²) in [4.78, 5) is 3.87. The van der Waals surface area contributed by atoms with Crippen molar-refractivity contribution in [3.05, 3.63) is 29.2 Å². The molecule has 106 valence electrons. The van der Waals surface area contributed by atoms with E-state index in [0.29, 0.717) is 5.82 Å². The SMILES string of the molecule is CC(c1nnnn1C1CC1)S(=O)(=O)c1ncccc1Cl. The van der Waals surface area contributed by atoms with Crippen LogP contribution in [0.3, 0.4) is 0 Å². The lowest BCUT2D eigenvalue weighted by Gasteiger charge is -2.12. The Labute approximate surface area is 120 Å². The van der Waals surface area contributed by atoms with Gasteiger partial charge in [0, 0.05) is 6.20 Å². The second kappa shape index (κ2) is 4.78. The third-order valence-electron chi connectivity index (χ3n) is 3.23. The van der Waals surface area contributed by atoms with Crippen LogP contribution in [-0.4, -0.2) is 33.6 Å². The van der Waals surface area contributed by atoms with Crippen molar-refractivity contribution in [3.8, 4) is 0 Å². The normalized spacial score (nSPS) is 17.1. The maximum absolute atomic E-state index is 12.6. The molecule has 0 saturated heterocycles. The van der Waals surface area contributed by atoms with Crippen molar-refractivity contribution >= 4 is 21.4 Å². The predicted octanol–water partition coefficient (Wildman–Crippen LogP) is 1.59. The van der Waals surface area contributed by atoms with Gasteiger partial charge in [-0.15, -0.1) is 5.10 Å². The lowest BCUT2D eigenvalue weighted by atomic mass is 10.4. The summed E-state index contributed by atoms with van der Waals surface area (Å²) in [5.41, 5.74) is 0. The van der Waals surface area contributed by atoms with Crippen LogP contribution in [0.25, 0.3) is 0 Å². The minimum atomic E-state index is -3.73. The van der Waals surface area contributed by atoms with Crippen LogP contribution in [0.15, 0.2) is 23.4 Å². The number of tetrazole rings is 1. The fourth-order valence-electron chi connectivity index (χ4n) is 1.93. The number of nitrogens with zero attached hydrogens (tertiary/aromatic N) is 5. The zero-order chi connectivity index (χ0) is 14.3. The van der Waals surface area contributed by atoms with Gasteiger partial charge in [-0.25, -0.2) is 18.1 Å². The van der Waals surface area contributed by atoms with Crippen molar-refractivity contribution in [2.75, 3.05) is 0 Å². The second-order valence-corrected chi connectivity index (χ2v) is 7.28. The number of hydrogen-bond donors (Lipinski definition) is 0. The molecule has 0 spiro atoms. The van der Waals surface area contributed by atoms with E-state index in [1.807, 2.05) is 0 Å². The summed E-state index contributed by atoms with van der Waals surface area (Å²) in [6, 6.07) is 3.29. The zero-order valence-corrected chi connectivity index (χ0v) is 12.2. The summed E-state index contributed by atoms with van der Waals surface area (Å²) >= 11 is 5.93. The molecule has 0 aliphatic heterocycles. The Hall–Kier alpha value is -1.54. The molecule has 0 bridgehead atoms. The Morgan fingerprint density at radius 3 is 2.85 bits per heavy atom. The van der Waals surface area contributed by atoms with Crippen LogP contribution < -0.4 is 0 Å². The smallest absolute Gasteiger partial charge is 0.207 e. The van der Waals surface area contributed by atoms with Crippen LogP contribution in [0.2, 0.25) is 5.02 Å². The quantitative estimate of drug-likeness (QED) is 0.851. The van der Waals surface area contributed by atoms with E-state index in [-0.39, 0.29) is 16.1 Å². The Morgan fingerprint density at radius 2 is 2.20 bits per heavy atom. The molecular weight excluding hydrogens is 302 g/mol. The first kappa shape index (κ1) is 13.4. The van der Waals surface area contributed by atoms with Crippen LogP contribution >= 0.6 is 11.6 Å². The molecule has 2 aromatic rings. The summed E-state index contributed by atoms with van der Waals surface area (Å²) in [6.45, 7) is 1.55. The number of aromatic nitrogens is 5. The van der Waals surface area contributed by atoms with Crippen LogP contribution in [0.4, 0.5) is 0 Å². The minimum absolute atomic E-state index is 0.102. The summed E-state index contributed by atoms with van der Waals surface area (Å²) in [7, 11) is -3.73. The molecule has 0 amide bonds. The van der Waals surface area contributed by atoms with Crippen molar-refractivity contribution in [2.45, 2.75) is 36.1 Å². The molecule has 2 heterocycles. The number of halogens is 1. The first-order valence-electron chi connectivity index (χ1n) is 6.14. The molecule has 2 aromatic heterocycles. The molecule has 1 fully saturated rings. The van der Waals surface area contributed by atoms with Crippen LogP contribution in [-0.2, 0) is 9.84 Å². The lowest BCUT2D eigenvalue weighted by molar-refractivity contribution is 0.554. The van der Waals surface area contributed by atoms with E-state index in [9.17, 15) is 8.42 Å². The van der Waals surface area contributed by atoms with Gasteiger partial charge >= 0.3 is 0 Å². The molecule has 9 heteroatoms. The number of hydrogen-bond acceptors (Lipinski definition) is 6. The van der Waals surface area contributed by atoms with Crippen molar-refractivity contribution < 1.29 is 8.42 Å². The fraction of sp³-hybridized carbons (Fsp3) is 0.455. The lowest BCUT2D eigenvalue weighted by Crippen LogP contribution is -2.17. The van der Waals surface area contributed by atoms with Gasteiger partial charge in [-0.3, -0.25) is 0 Å². The van der Waals surface area contributed by atoms with Gasteiger partial charge in [-0.2, -0.15) is 0 Å². The van der Waals surface area contributed by atoms with Crippen LogP contribution in [0, 0.1) is 0 Å². The van der Waals surface area contributed by atoms with Crippen LogP contribution in [0.1, 0.15) is 36.9 Å². The molecular formula is C11H12ClN5O2S. The second-order valence-electron chi connectivity index (χ2n) is 4.69. The molecule has 0 aromatic carbocycles. The average molecular weight is 314 g/mol. The maximum Gasteiger partial charge on any atom is 0.207 e. The van der Waals surface area contributed by atoms with E-state index >= 15 is 0 Å². The largest absolute Gasteiger partial charge is 0.243 e. The predicted molar refractivity (Wildman–Crippen MR) is 70.9 cm³/mol. The van der Waals surface area contributed by atoms with E-state index in [1.165, 1.54) is 12.3 Å². The van der Waals surface area contributed by atoms with Crippen LogP contribution in [0.5, 0.6) is 0 Å². The average Bonchev–Trinajstić information content (AvgIpc) is 3.16. The van der Waals surface area contributed by atoms with Crippen molar-refractivity contribution in [1.29, 1.82) is 0 Å². The Bertz CT molecular complexity index is 741. The molecule has 0 N–H and O–H groups in total. The Balaban J connectivity index is 2.03. The Kier molecular flexibility index (Phi) is 3.21. The monoisotopic (exact) mass is 313 g/mol. The van der Waals surface area contributed by atoms with E-state index in [0.717, 1.165) is 12.8 Å². The van der Waals surface area contributed by atoms with Gasteiger partial charge in [0.15, 0.2) is 10.9 Å². The van der Waals surface area contributed by atoms with Crippen molar-refractivity contribution in [2.24, 2.45) is 0 Å². The van der Waals surface area contributed by atoms with Crippen molar-refractivity contribution in [3.63, 3.8) is 0 Å². The van der Waals surface area contributed by atoms with Gasteiger partial charge in [0.25, 0.3) is 0 Å². The van der Waals surface area contributed by atoms with Gasteiger partial charge in [-0.1, -0.05) is 11.6 Å². The standard InChI is InChI=1S/C11H12ClN5O2S/c1-7(10-14-15-16-17(10)8-4-5-8)20(18,19)11-9(12)3-2-6-13-11/h2-3,6-8H,4-5H2,1H3. The molecule has 1 saturated carbocycles. The highest BCUT2D eigenvalue weighted by atomic mass is 35.5. The fourth-order valence-corrected chi connectivity index (χ4v) is 3.69. The summed E-state index contributed by atoms with van der Waals surface area (Å²) in [6.07, 6.45) is 3.33. The number of sulfone groups is 1. The first-order valence-corrected chi connectivity index (χ1v) is 8.06. The third kappa shape index (κ3) is 2.18. The van der Waals surface area contributed by atoms with Gasteiger partial charge in [-0.05, 0) is 42.3 Å².